The smallest absolute Gasteiger partial charge is 0.123 e. The van der Waals surface area contributed by atoms with Crippen LogP contribution in [-0.4, -0.2) is 6.54 Å². The highest BCUT2D eigenvalue weighted by Crippen LogP contribution is 2.40. The molecule has 1 aromatic rings. The van der Waals surface area contributed by atoms with Gasteiger partial charge in [0.1, 0.15) is 5.82 Å². The van der Waals surface area contributed by atoms with Gasteiger partial charge in [0, 0.05) is 6.04 Å². The van der Waals surface area contributed by atoms with Crippen LogP contribution in [0.4, 0.5) is 4.39 Å². The Kier molecular flexibility index (Phi) is 3.37. The van der Waals surface area contributed by atoms with Gasteiger partial charge in [-0.25, -0.2) is 4.39 Å². The minimum Gasteiger partial charge on any atom is -0.310 e. The van der Waals surface area contributed by atoms with Crippen molar-refractivity contribution in [1.82, 2.24) is 5.32 Å². The predicted octanol–water partition coefficient (Wildman–Crippen LogP) is 3.28. The van der Waals surface area contributed by atoms with Crippen LogP contribution in [0.15, 0.2) is 24.3 Å². The number of nitrogens with one attached hydrogen (secondary N) is 1. The number of halogens is 1. The Morgan fingerprint density at radius 1 is 1.33 bits per heavy atom. The van der Waals surface area contributed by atoms with Gasteiger partial charge in [-0.2, -0.15) is 0 Å². The van der Waals surface area contributed by atoms with Gasteiger partial charge >= 0.3 is 0 Å². The van der Waals surface area contributed by atoms with E-state index in [0.717, 1.165) is 18.9 Å². The summed E-state index contributed by atoms with van der Waals surface area (Å²) in [7, 11) is 0. The van der Waals surface area contributed by atoms with E-state index in [1.54, 1.807) is 12.1 Å². The maximum Gasteiger partial charge on any atom is 0.123 e. The van der Waals surface area contributed by atoms with Crippen LogP contribution in [0.3, 0.4) is 0 Å². The fraction of sp³-hybridized carbons (Fsp3) is 0.538. The standard InChI is InChI=1S/C13H18FN/c1-2-9-15-13(10-3-4-10)11-5-7-12(14)8-6-11/h5-8,10,13,15H,2-4,9H2,1H3. The highest BCUT2D eigenvalue weighted by Gasteiger charge is 2.31. The quantitative estimate of drug-likeness (QED) is 0.781. The summed E-state index contributed by atoms with van der Waals surface area (Å²) in [5, 5.41) is 3.54. The van der Waals surface area contributed by atoms with E-state index in [2.05, 4.69) is 12.2 Å². The van der Waals surface area contributed by atoms with E-state index in [1.165, 1.54) is 18.4 Å². The first-order valence-corrected chi connectivity index (χ1v) is 5.80. The van der Waals surface area contributed by atoms with Gasteiger partial charge in [-0.1, -0.05) is 19.1 Å². The van der Waals surface area contributed by atoms with E-state index in [-0.39, 0.29) is 5.82 Å². The molecule has 0 saturated heterocycles. The highest BCUT2D eigenvalue weighted by atomic mass is 19.1. The SMILES string of the molecule is CCCNC(c1ccc(F)cc1)C1CC1. The summed E-state index contributed by atoms with van der Waals surface area (Å²) in [6.45, 7) is 3.21. The Morgan fingerprint density at radius 2 is 2.00 bits per heavy atom. The van der Waals surface area contributed by atoms with E-state index in [0.29, 0.717) is 6.04 Å². The number of benzene rings is 1. The number of hydrogen-bond donors (Lipinski definition) is 1. The van der Waals surface area contributed by atoms with Crippen LogP contribution in [0.1, 0.15) is 37.8 Å². The molecule has 1 N–H and O–H groups in total. The molecule has 0 bridgehead atoms. The Morgan fingerprint density at radius 3 is 2.53 bits per heavy atom. The maximum absolute atomic E-state index is 12.8. The molecule has 1 aliphatic carbocycles. The fourth-order valence-electron chi connectivity index (χ4n) is 1.96. The molecule has 82 valence electrons. The van der Waals surface area contributed by atoms with E-state index >= 15 is 0 Å². The zero-order chi connectivity index (χ0) is 10.7. The van der Waals surface area contributed by atoms with Crippen LogP contribution in [0.2, 0.25) is 0 Å². The van der Waals surface area contributed by atoms with Gasteiger partial charge in [0.25, 0.3) is 0 Å². The van der Waals surface area contributed by atoms with Crippen molar-refractivity contribution in [1.29, 1.82) is 0 Å². The Balaban J connectivity index is 2.06. The van der Waals surface area contributed by atoms with Gasteiger partial charge in [-0.15, -0.1) is 0 Å². The lowest BCUT2D eigenvalue weighted by atomic mass is 10.0. The molecular formula is C13H18FN. The molecule has 1 aliphatic rings. The van der Waals surface area contributed by atoms with Crippen molar-refractivity contribution in [2.45, 2.75) is 32.2 Å². The second-order valence-corrected chi connectivity index (χ2v) is 4.32. The van der Waals surface area contributed by atoms with Crippen LogP contribution in [0.5, 0.6) is 0 Å². The van der Waals surface area contributed by atoms with Crippen molar-refractivity contribution in [3.8, 4) is 0 Å². The summed E-state index contributed by atoms with van der Waals surface area (Å²) < 4.78 is 12.8. The van der Waals surface area contributed by atoms with Crippen molar-refractivity contribution in [2.24, 2.45) is 5.92 Å². The first-order valence-electron chi connectivity index (χ1n) is 5.80. The summed E-state index contributed by atoms with van der Waals surface area (Å²) >= 11 is 0. The first kappa shape index (κ1) is 10.6. The monoisotopic (exact) mass is 207 g/mol. The van der Waals surface area contributed by atoms with Gasteiger partial charge in [-0.3, -0.25) is 0 Å². The molecule has 1 fully saturated rings. The van der Waals surface area contributed by atoms with E-state index in [1.807, 2.05) is 12.1 Å². The van der Waals surface area contributed by atoms with Crippen LogP contribution in [0, 0.1) is 11.7 Å². The van der Waals surface area contributed by atoms with Gasteiger partial charge in [0.15, 0.2) is 0 Å². The van der Waals surface area contributed by atoms with Crippen molar-refractivity contribution < 1.29 is 4.39 Å². The molecule has 1 unspecified atom stereocenters. The molecule has 2 heteroatoms. The van der Waals surface area contributed by atoms with Gasteiger partial charge in [-0.05, 0) is 49.4 Å². The summed E-state index contributed by atoms with van der Waals surface area (Å²) in [6, 6.07) is 7.35. The molecule has 2 rings (SSSR count). The van der Waals surface area contributed by atoms with Gasteiger partial charge < -0.3 is 5.32 Å². The minimum atomic E-state index is -0.149. The van der Waals surface area contributed by atoms with E-state index in [9.17, 15) is 4.39 Å². The van der Waals surface area contributed by atoms with Crippen LogP contribution >= 0.6 is 0 Å². The van der Waals surface area contributed by atoms with E-state index < -0.39 is 0 Å². The molecule has 1 atom stereocenters. The average molecular weight is 207 g/mol. The topological polar surface area (TPSA) is 12.0 Å². The summed E-state index contributed by atoms with van der Waals surface area (Å²) in [6.07, 6.45) is 3.75. The van der Waals surface area contributed by atoms with Crippen LogP contribution in [0.25, 0.3) is 0 Å². The van der Waals surface area contributed by atoms with Crippen molar-refractivity contribution >= 4 is 0 Å². The normalized spacial score (nSPS) is 17.7. The first-order chi connectivity index (χ1) is 7.31. The molecule has 0 spiro atoms. The molecule has 0 heterocycles. The zero-order valence-corrected chi connectivity index (χ0v) is 9.17. The second-order valence-electron chi connectivity index (χ2n) is 4.32. The number of hydrogen-bond acceptors (Lipinski definition) is 1. The van der Waals surface area contributed by atoms with Gasteiger partial charge in [0.2, 0.25) is 0 Å². The van der Waals surface area contributed by atoms with Crippen molar-refractivity contribution in [2.75, 3.05) is 6.54 Å². The molecule has 15 heavy (non-hydrogen) atoms. The lowest BCUT2D eigenvalue weighted by Gasteiger charge is -2.18. The molecule has 0 aliphatic heterocycles. The molecular weight excluding hydrogens is 189 g/mol. The van der Waals surface area contributed by atoms with Crippen LogP contribution < -0.4 is 5.32 Å². The third-order valence-electron chi connectivity index (χ3n) is 2.94. The van der Waals surface area contributed by atoms with Gasteiger partial charge in [0.05, 0.1) is 0 Å². The molecule has 0 amide bonds. The molecule has 1 aromatic carbocycles. The Labute approximate surface area is 90.7 Å². The highest BCUT2D eigenvalue weighted by molar-refractivity contribution is 5.21. The molecule has 0 radical (unpaired) electrons. The second kappa shape index (κ2) is 4.75. The molecule has 1 saturated carbocycles. The fourth-order valence-corrected chi connectivity index (χ4v) is 1.96. The van der Waals surface area contributed by atoms with E-state index in [4.69, 9.17) is 0 Å². The number of rotatable bonds is 5. The lowest BCUT2D eigenvalue weighted by molar-refractivity contribution is 0.480. The Bertz CT molecular complexity index is 303. The lowest BCUT2D eigenvalue weighted by Crippen LogP contribution is -2.23. The van der Waals surface area contributed by atoms with Crippen LogP contribution in [-0.2, 0) is 0 Å². The summed E-state index contributed by atoms with van der Waals surface area (Å²) in [4.78, 5) is 0. The average Bonchev–Trinajstić information content (AvgIpc) is 3.05. The summed E-state index contributed by atoms with van der Waals surface area (Å²) in [5.41, 5.74) is 1.23. The van der Waals surface area contributed by atoms with Crippen molar-refractivity contribution in [3.05, 3.63) is 35.6 Å². The third kappa shape index (κ3) is 2.78. The largest absolute Gasteiger partial charge is 0.310 e. The predicted molar refractivity (Wildman–Crippen MR) is 60.2 cm³/mol. The van der Waals surface area contributed by atoms with Crippen molar-refractivity contribution in [3.63, 3.8) is 0 Å². The molecule has 1 nitrogen and oxygen atoms in total. The zero-order valence-electron chi connectivity index (χ0n) is 9.17. The summed E-state index contributed by atoms with van der Waals surface area (Å²) in [5.74, 6) is 0.616. The maximum atomic E-state index is 12.8. The minimum absolute atomic E-state index is 0.149. The Hall–Kier alpha value is -0.890. The third-order valence-corrected chi connectivity index (χ3v) is 2.94. The molecule has 0 aromatic heterocycles.